The van der Waals surface area contributed by atoms with Gasteiger partial charge in [0.25, 0.3) is 0 Å². The summed E-state index contributed by atoms with van der Waals surface area (Å²) in [5, 5.41) is 0. The van der Waals surface area contributed by atoms with Crippen molar-refractivity contribution in [2.24, 2.45) is 0 Å². The maximum atomic E-state index is 5.82. The van der Waals surface area contributed by atoms with Gasteiger partial charge in [0.15, 0.2) is 0 Å². The number of rotatable bonds is 10. The van der Waals surface area contributed by atoms with Gasteiger partial charge in [-0.2, -0.15) is 0 Å². The Labute approximate surface area is 273 Å². The molecular weight excluding hydrogens is 550 g/mol. The normalized spacial score (nSPS) is 25.6. The molecule has 45 heavy (non-hydrogen) atoms. The number of quaternary nitrogens is 1. The van der Waals surface area contributed by atoms with Crippen LogP contribution < -0.4 is 9.80 Å². The van der Waals surface area contributed by atoms with Crippen LogP contribution >= 0.6 is 0 Å². The third kappa shape index (κ3) is 5.97. The third-order valence-electron chi connectivity index (χ3n) is 11.0. The fraction of sp³-hybridized carbons (Fsp3) is 0.512. The van der Waals surface area contributed by atoms with Crippen LogP contribution in [0.25, 0.3) is 0 Å². The number of unbranched alkanes of at least 4 members (excludes halogenated alkanes) is 2. The highest BCUT2D eigenvalue weighted by Gasteiger charge is 2.47. The minimum Gasteiger partial charge on any atom is -0.378 e. The smallest absolute Gasteiger partial charge is 0.135 e. The number of para-hydroxylation sites is 2. The van der Waals surface area contributed by atoms with E-state index in [4.69, 9.17) is 4.74 Å². The van der Waals surface area contributed by atoms with Gasteiger partial charge in [0, 0.05) is 47.7 Å². The molecule has 1 aliphatic carbocycles. The van der Waals surface area contributed by atoms with Crippen LogP contribution in [0.15, 0.2) is 95.4 Å². The quantitative estimate of drug-likeness (QED) is 0.296. The molecule has 2 unspecified atom stereocenters. The van der Waals surface area contributed by atoms with Gasteiger partial charge in [0.2, 0.25) is 0 Å². The van der Waals surface area contributed by atoms with Crippen LogP contribution in [-0.2, 0) is 15.6 Å². The molecule has 0 bridgehead atoms. The summed E-state index contributed by atoms with van der Waals surface area (Å²) in [6, 6.07) is 18.6. The summed E-state index contributed by atoms with van der Waals surface area (Å²) in [5.74, 6) is 0. The maximum Gasteiger partial charge on any atom is 0.135 e. The Morgan fingerprint density at radius 1 is 0.867 bits per heavy atom. The van der Waals surface area contributed by atoms with Gasteiger partial charge in [-0.15, -0.1) is 0 Å². The van der Waals surface area contributed by atoms with Gasteiger partial charge in [-0.1, -0.05) is 89.1 Å². The second-order valence-electron chi connectivity index (χ2n) is 14.6. The van der Waals surface area contributed by atoms with E-state index in [1.165, 1.54) is 77.3 Å². The summed E-state index contributed by atoms with van der Waals surface area (Å²) in [5.41, 5.74) is 11.8. The summed E-state index contributed by atoms with van der Waals surface area (Å²) in [6.07, 6.45) is 17.1. The van der Waals surface area contributed by atoms with Crippen molar-refractivity contribution in [2.45, 2.75) is 96.9 Å². The number of ether oxygens (including phenoxy) is 1. The first-order valence-corrected chi connectivity index (χ1v) is 17.8. The molecule has 2 aromatic carbocycles. The average molecular weight is 607 g/mol. The van der Waals surface area contributed by atoms with Gasteiger partial charge in [0.05, 0.1) is 25.2 Å². The Morgan fingerprint density at radius 3 is 2.33 bits per heavy atom. The predicted molar refractivity (Wildman–Crippen MR) is 189 cm³/mol. The number of fused-ring (bicyclic) bond motifs is 2. The van der Waals surface area contributed by atoms with E-state index in [0.29, 0.717) is 6.04 Å². The number of nitrogens with one attached hydrogen (secondary N) is 1. The molecular formula is C41H56N3O+. The molecule has 0 amide bonds. The van der Waals surface area contributed by atoms with Crippen LogP contribution in [0.5, 0.6) is 0 Å². The lowest BCUT2D eigenvalue weighted by Gasteiger charge is -2.32. The van der Waals surface area contributed by atoms with Crippen molar-refractivity contribution >= 4 is 11.4 Å². The number of allylic oxidation sites excluding steroid dienone is 6. The zero-order valence-corrected chi connectivity index (χ0v) is 28.8. The van der Waals surface area contributed by atoms with E-state index in [1.807, 2.05) is 0 Å². The number of hydrogen-bond acceptors (Lipinski definition) is 3. The third-order valence-corrected chi connectivity index (χ3v) is 11.0. The van der Waals surface area contributed by atoms with Gasteiger partial charge in [0.1, 0.15) is 11.7 Å². The summed E-state index contributed by atoms with van der Waals surface area (Å²) < 4.78 is 5.82. The SMILES string of the molecule is CCCCN1/C(=C/C=C2\CCC(/C=C/C3[NH+](CCCC)c4ccccc4C3(C)C)=C2N2CCOCC2)C(C)(C)c2ccccc21. The first-order valence-electron chi connectivity index (χ1n) is 17.8. The fourth-order valence-electron chi connectivity index (χ4n) is 8.43. The van der Waals surface area contributed by atoms with Gasteiger partial charge < -0.3 is 14.5 Å². The molecule has 4 nitrogen and oxygen atoms in total. The summed E-state index contributed by atoms with van der Waals surface area (Å²) in [7, 11) is 0. The van der Waals surface area contributed by atoms with E-state index in [0.717, 1.165) is 45.7 Å². The van der Waals surface area contributed by atoms with Crippen molar-refractivity contribution in [1.29, 1.82) is 0 Å². The summed E-state index contributed by atoms with van der Waals surface area (Å²) in [6.45, 7) is 20.1. The molecule has 240 valence electrons. The van der Waals surface area contributed by atoms with E-state index >= 15 is 0 Å². The number of nitrogens with zero attached hydrogens (tertiary/aromatic N) is 2. The first kappa shape index (κ1) is 31.9. The van der Waals surface area contributed by atoms with Crippen molar-refractivity contribution < 1.29 is 9.64 Å². The molecule has 0 radical (unpaired) electrons. The predicted octanol–water partition coefficient (Wildman–Crippen LogP) is 8.01. The van der Waals surface area contributed by atoms with Crippen LogP contribution in [0.2, 0.25) is 0 Å². The standard InChI is InChI=1S/C41H55N3O/c1-7-9-25-43-35-17-13-11-15-33(35)40(3,4)37(43)23-21-31-19-20-32(39(31)42-27-29-45-30-28-42)22-24-38-41(5,6)34-16-12-14-18-36(34)44(38)26-10-8-2/h11-18,21-24,37H,7-10,19-20,25-30H2,1-6H3/p+1/b23-21+,32-22+,38-24+. The lowest BCUT2D eigenvalue weighted by molar-refractivity contribution is -0.850. The van der Waals surface area contributed by atoms with Crippen LogP contribution in [0, 0.1) is 0 Å². The van der Waals surface area contributed by atoms with Gasteiger partial charge >= 0.3 is 0 Å². The number of benzene rings is 2. The lowest BCUT2D eigenvalue weighted by Crippen LogP contribution is -3.10. The van der Waals surface area contributed by atoms with E-state index < -0.39 is 0 Å². The Hall–Kier alpha value is -3.08. The highest BCUT2D eigenvalue weighted by Crippen LogP contribution is 2.48. The molecule has 1 N–H and O–H groups in total. The number of morpholine rings is 1. The minimum absolute atomic E-state index is 0.0145. The number of anilines is 1. The minimum atomic E-state index is -0.0145. The lowest BCUT2D eigenvalue weighted by atomic mass is 9.80. The largest absolute Gasteiger partial charge is 0.378 e. The van der Waals surface area contributed by atoms with Crippen LogP contribution in [0.4, 0.5) is 11.4 Å². The van der Waals surface area contributed by atoms with Crippen LogP contribution in [-0.4, -0.2) is 50.3 Å². The van der Waals surface area contributed by atoms with Gasteiger partial charge in [-0.3, -0.25) is 4.90 Å². The number of hydrogen-bond donors (Lipinski definition) is 1. The molecule has 4 aliphatic rings. The van der Waals surface area contributed by atoms with Gasteiger partial charge in [-0.05, 0) is 80.5 Å². The molecule has 6 rings (SSSR count). The maximum absolute atomic E-state index is 5.82. The van der Waals surface area contributed by atoms with E-state index in [2.05, 4.69) is 124 Å². The summed E-state index contributed by atoms with van der Waals surface area (Å²) in [4.78, 5) is 6.84. The Morgan fingerprint density at radius 2 is 1.58 bits per heavy atom. The Balaban J connectivity index is 1.37. The molecule has 1 saturated heterocycles. The van der Waals surface area contributed by atoms with Crippen molar-refractivity contribution in [3.8, 4) is 0 Å². The van der Waals surface area contributed by atoms with Crippen molar-refractivity contribution in [2.75, 3.05) is 44.3 Å². The second-order valence-corrected chi connectivity index (χ2v) is 14.6. The molecule has 1 fully saturated rings. The fourth-order valence-corrected chi connectivity index (χ4v) is 8.43. The van der Waals surface area contributed by atoms with Crippen molar-refractivity contribution in [3.63, 3.8) is 0 Å². The van der Waals surface area contributed by atoms with Gasteiger partial charge in [-0.25, -0.2) is 0 Å². The van der Waals surface area contributed by atoms with Crippen molar-refractivity contribution in [3.05, 3.63) is 107 Å². The monoisotopic (exact) mass is 606 g/mol. The average Bonchev–Trinajstić information content (AvgIpc) is 3.62. The topological polar surface area (TPSA) is 20.2 Å². The highest BCUT2D eigenvalue weighted by molar-refractivity contribution is 5.71. The molecule has 3 heterocycles. The van der Waals surface area contributed by atoms with E-state index in [1.54, 1.807) is 4.90 Å². The Kier molecular flexibility index (Phi) is 9.45. The molecule has 0 saturated carbocycles. The van der Waals surface area contributed by atoms with Crippen LogP contribution in [0.1, 0.15) is 91.2 Å². The molecule has 2 aromatic rings. The molecule has 3 aliphatic heterocycles. The van der Waals surface area contributed by atoms with Crippen molar-refractivity contribution in [1.82, 2.24) is 4.90 Å². The molecule has 2 atom stereocenters. The zero-order chi connectivity index (χ0) is 31.6. The van der Waals surface area contributed by atoms with E-state index in [-0.39, 0.29) is 10.8 Å². The molecule has 0 spiro atoms. The second kappa shape index (κ2) is 13.3. The first-order chi connectivity index (χ1) is 21.8. The summed E-state index contributed by atoms with van der Waals surface area (Å²) >= 11 is 0. The molecule has 4 heteroatoms. The highest BCUT2D eigenvalue weighted by atomic mass is 16.5. The van der Waals surface area contributed by atoms with E-state index in [9.17, 15) is 0 Å². The van der Waals surface area contributed by atoms with Crippen LogP contribution in [0.3, 0.4) is 0 Å². The zero-order valence-electron chi connectivity index (χ0n) is 28.8. The Bertz CT molecular complexity index is 1490. The molecule has 0 aromatic heterocycles.